The van der Waals surface area contributed by atoms with Crippen molar-refractivity contribution in [3.8, 4) is 5.75 Å². The Hall–Kier alpha value is -1.98. The molecule has 4 nitrogen and oxygen atoms in total. The van der Waals surface area contributed by atoms with Crippen LogP contribution in [0.15, 0.2) is 48.5 Å². The number of carboxylic acid groups (broad SMARTS) is 1. The molecule has 6 heteroatoms. The lowest BCUT2D eigenvalue weighted by Gasteiger charge is -2.12. The van der Waals surface area contributed by atoms with Crippen molar-refractivity contribution in [3.63, 3.8) is 0 Å². The van der Waals surface area contributed by atoms with Crippen LogP contribution in [-0.2, 0) is 10.5 Å². The van der Waals surface area contributed by atoms with E-state index in [0.717, 1.165) is 5.56 Å². The lowest BCUT2D eigenvalue weighted by Crippen LogP contribution is -2.21. The predicted octanol–water partition coefficient (Wildman–Crippen LogP) is 4.70. The monoisotopic (exact) mass is 378 g/mol. The number of hydrogen-bond acceptors (Lipinski definition) is 4. The molecule has 0 saturated heterocycles. The Kier molecular flexibility index (Phi) is 7.34. The van der Waals surface area contributed by atoms with Crippen molar-refractivity contribution in [1.29, 1.82) is 0 Å². The van der Waals surface area contributed by atoms with Gasteiger partial charge in [0.2, 0.25) is 0 Å². The van der Waals surface area contributed by atoms with Crippen LogP contribution in [0.4, 0.5) is 0 Å². The second-order valence-corrected chi connectivity index (χ2v) is 6.98. The molecule has 0 amide bonds. The van der Waals surface area contributed by atoms with E-state index < -0.39 is 11.2 Å². The molecule has 0 fully saturated rings. The highest BCUT2D eigenvalue weighted by molar-refractivity contribution is 7.99. The first-order valence-corrected chi connectivity index (χ1v) is 9.27. The Morgan fingerprint density at radius 2 is 1.76 bits per heavy atom. The van der Waals surface area contributed by atoms with Gasteiger partial charge in [-0.05, 0) is 48.9 Å². The second-order valence-electron chi connectivity index (χ2n) is 5.35. The maximum Gasteiger partial charge on any atom is 0.317 e. The van der Waals surface area contributed by atoms with Crippen molar-refractivity contribution in [2.45, 2.75) is 24.3 Å². The molecule has 2 aromatic rings. The number of halogens is 1. The van der Waals surface area contributed by atoms with Gasteiger partial charge in [0, 0.05) is 22.8 Å². The maximum absolute atomic E-state index is 12.3. The van der Waals surface area contributed by atoms with Gasteiger partial charge in [0.25, 0.3) is 0 Å². The summed E-state index contributed by atoms with van der Waals surface area (Å²) in [5, 5.41) is 9.23. The summed E-state index contributed by atoms with van der Waals surface area (Å²) in [5.41, 5.74) is 1.45. The van der Waals surface area contributed by atoms with Crippen LogP contribution in [-0.4, -0.2) is 28.7 Å². The molecule has 0 aliphatic carbocycles. The second kappa shape index (κ2) is 9.49. The van der Waals surface area contributed by atoms with Crippen LogP contribution in [0, 0.1) is 0 Å². The molecule has 0 radical (unpaired) electrons. The minimum Gasteiger partial charge on any atom is -0.494 e. The molecular formula is C19H19ClO4S. The highest BCUT2D eigenvalue weighted by Gasteiger charge is 2.22. The number of ketones is 1. The van der Waals surface area contributed by atoms with E-state index in [0.29, 0.717) is 28.7 Å². The summed E-state index contributed by atoms with van der Waals surface area (Å²) in [4.78, 5) is 23.8. The van der Waals surface area contributed by atoms with Gasteiger partial charge in [0.15, 0.2) is 5.78 Å². The molecule has 0 aliphatic rings. The number of benzene rings is 2. The molecule has 132 valence electrons. The van der Waals surface area contributed by atoms with Gasteiger partial charge >= 0.3 is 5.97 Å². The Bertz CT molecular complexity index is 713. The number of carbonyl (C=O) groups is 2. The fraction of sp³-hybridized carbons (Fsp3) is 0.263. The minimum atomic E-state index is -0.988. The normalized spacial score (nSPS) is 11.8. The van der Waals surface area contributed by atoms with Crippen LogP contribution in [0.5, 0.6) is 5.75 Å². The maximum atomic E-state index is 12.3. The zero-order valence-electron chi connectivity index (χ0n) is 13.8. The smallest absolute Gasteiger partial charge is 0.317 e. The molecule has 2 rings (SSSR count). The first-order valence-electron chi connectivity index (χ1n) is 7.84. The molecule has 2 aromatic carbocycles. The van der Waals surface area contributed by atoms with Crippen LogP contribution < -0.4 is 4.74 Å². The lowest BCUT2D eigenvalue weighted by atomic mass is 10.1. The average molecular weight is 379 g/mol. The summed E-state index contributed by atoms with van der Waals surface area (Å²) in [6.07, 6.45) is -0.0540. The first kappa shape index (κ1) is 19.3. The summed E-state index contributed by atoms with van der Waals surface area (Å²) in [5.74, 6) is 0.00767. The molecule has 0 aliphatic heterocycles. The quantitative estimate of drug-likeness (QED) is 0.641. The van der Waals surface area contributed by atoms with E-state index in [-0.39, 0.29) is 12.2 Å². The van der Waals surface area contributed by atoms with Crippen molar-refractivity contribution in [3.05, 3.63) is 64.7 Å². The first-order chi connectivity index (χ1) is 12.0. The number of rotatable bonds is 9. The number of ether oxygens (including phenoxy) is 1. The Balaban J connectivity index is 1.96. The molecule has 0 spiro atoms. The van der Waals surface area contributed by atoms with E-state index in [4.69, 9.17) is 16.3 Å². The van der Waals surface area contributed by atoms with Crippen LogP contribution in [0.2, 0.25) is 5.02 Å². The summed E-state index contributed by atoms with van der Waals surface area (Å²) < 4.78 is 5.34. The zero-order chi connectivity index (χ0) is 18.2. The molecule has 25 heavy (non-hydrogen) atoms. The zero-order valence-corrected chi connectivity index (χ0v) is 15.3. The predicted molar refractivity (Wildman–Crippen MR) is 101 cm³/mol. The van der Waals surface area contributed by atoms with Gasteiger partial charge in [0.1, 0.15) is 11.0 Å². The van der Waals surface area contributed by atoms with Gasteiger partial charge in [-0.1, -0.05) is 23.7 Å². The largest absolute Gasteiger partial charge is 0.494 e. The van der Waals surface area contributed by atoms with E-state index >= 15 is 0 Å². The highest BCUT2D eigenvalue weighted by Crippen LogP contribution is 2.24. The van der Waals surface area contributed by atoms with Crippen molar-refractivity contribution >= 4 is 35.1 Å². The molecule has 0 saturated carbocycles. The lowest BCUT2D eigenvalue weighted by molar-refractivity contribution is -0.136. The van der Waals surface area contributed by atoms with Crippen LogP contribution in [0.1, 0.15) is 29.3 Å². The third-order valence-electron chi connectivity index (χ3n) is 3.50. The molecule has 1 unspecified atom stereocenters. The summed E-state index contributed by atoms with van der Waals surface area (Å²) in [6, 6.07) is 14.0. The number of thioether (sulfide) groups is 1. The summed E-state index contributed by atoms with van der Waals surface area (Å²) in [7, 11) is 0. The standard InChI is InChI=1S/C19H19ClO4S/c1-2-24-16-9-5-14(6-10-16)17(21)11-18(19(22)23)25-12-13-3-7-15(20)8-4-13/h3-10,18H,2,11-12H2,1H3,(H,22,23). The van der Waals surface area contributed by atoms with Crippen molar-refractivity contribution < 1.29 is 19.4 Å². The minimum absolute atomic E-state index is 0.0540. The molecule has 0 aromatic heterocycles. The van der Waals surface area contributed by atoms with E-state index in [9.17, 15) is 14.7 Å². The topological polar surface area (TPSA) is 63.6 Å². The van der Waals surface area contributed by atoms with Crippen LogP contribution in [0.25, 0.3) is 0 Å². The number of carboxylic acids is 1. The molecule has 0 bridgehead atoms. The van der Waals surface area contributed by atoms with Crippen LogP contribution in [0.3, 0.4) is 0 Å². The van der Waals surface area contributed by atoms with Crippen molar-refractivity contribution in [2.24, 2.45) is 0 Å². The average Bonchev–Trinajstić information content (AvgIpc) is 2.60. The Labute approximate surface area is 156 Å². The van der Waals surface area contributed by atoms with Gasteiger partial charge in [-0.2, -0.15) is 0 Å². The fourth-order valence-corrected chi connectivity index (χ4v) is 3.31. The number of carbonyl (C=O) groups excluding carboxylic acids is 1. The molecule has 1 atom stereocenters. The summed E-state index contributed by atoms with van der Waals surface area (Å²) in [6.45, 7) is 2.43. The van der Waals surface area contributed by atoms with Gasteiger partial charge < -0.3 is 9.84 Å². The van der Waals surface area contributed by atoms with E-state index in [2.05, 4.69) is 0 Å². The molecular weight excluding hydrogens is 360 g/mol. The van der Waals surface area contributed by atoms with E-state index in [1.807, 2.05) is 19.1 Å². The SMILES string of the molecule is CCOc1ccc(C(=O)CC(SCc2ccc(Cl)cc2)C(=O)O)cc1. The highest BCUT2D eigenvalue weighted by atomic mass is 35.5. The number of Topliss-reactive ketones (excluding diaryl/α,β-unsaturated/α-hetero) is 1. The number of aliphatic carboxylic acids is 1. The van der Waals surface area contributed by atoms with Crippen molar-refractivity contribution in [2.75, 3.05) is 6.61 Å². The van der Waals surface area contributed by atoms with Gasteiger partial charge in [0.05, 0.1) is 6.61 Å². The molecule has 0 heterocycles. The Morgan fingerprint density at radius 1 is 1.12 bits per heavy atom. The van der Waals surface area contributed by atoms with Crippen molar-refractivity contribution in [1.82, 2.24) is 0 Å². The molecule has 1 N–H and O–H groups in total. The third kappa shape index (κ3) is 6.11. The number of hydrogen-bond donors (Lipinski definition) is 1. The van der Waals surface area contributed by atoms with Gasteiger partial charge in [-0.25, -0.2) is 0 Å². The van der Waals surface area contributed by atoms with Gasteiger partial charge in [-0.15, -0.1) is 11.8 Å². The van der Waals surface area contributed by atoms with Gasteiger partial charge in [-0.3, -0.25) is 9.59 Å². The fourth-order valence-electron chi connectivity index (χ4n) is 2.18. The Morgan fingerprint density at radius 3 is 2.32 bits per heavy atom. The van der Waals surface area contributed by atoms with E-state index in [1.165, 1.54) is 11.8 Å². The third-order valence-corrected chi connectivity index (χ3v) is 5.02. The van der Waals surface area contributed by atoms with E-state index in [1.54, 1.807) is 36.4 Å². The summed E-state index contributed by atoms with van der Waals surface area (Å²) >= 11 is 7.07. The van der Waals surface area contributed by atoms with Crippen LogP contribution >= 0.6 is 23.4 Å².